The highest BCUT2D eigenvalue weighted by Crippen LogP contribution is 2.55. The molecule has 1 amide bonds. The zero-order chi connectivity index (χ0) is 25.6. The summed E-state index contributed by atoms with van der Waals surface area (Å²) in [7, 11) is 2.88. The van der Waals surface area contributed by atoms with Crippen molar-refractivity contribution in [2.24, 2.45) is 29.4 Å². The van der Waals surface area contributed by atoms with Crippen LogP contribution in [0, 0.1) is 30.6 Å². The fourth-order valence-corrected chi connectivity index (χ4v) is 6.20. The number of fused-ring (bicyclic) bond motifs is 3. The average molecular weight is 473 g/mol. The standard InChI is InChI=1S/C23H27N3O8/c1-6-5-8-7(2)9-11(16(27)10(8)18(29)14(6)24)20(31)23(34)13(17(9)28)15(26(3)4)19(30)12(21(23)32)22(25)33/h5,7,9,11-13,15,17,28-29,34H,24H2,1-4H3,(H2,25,33)/t7-,9+,11?,12?,13+,15-,17-,23-/m0/s1. The molecular weight excluding hydrogens is 446 g/mol. The maximum absolute atomic E-state index is 13.7. The molecule has 0 aliphatic heterocycles. The van der Waals surface area contributed by atoms with E-state index in [2.05, 4.69) is 0 Å². The fourth-order valence-electron chi connectivity index (χ4n) is 6.20. The molecule has 1 aromatic carbocycles. The van der Waals surface area contributed by atoms with Gasteiger partial charge in [-0.05, 0) is 38.1 Å². The number of primary amides is 1. The lowest BCUT2D eigenvalue weighted by Crippen LogP contribution is -2.77. The van der Waals surface area contributed by atoms with Crippen LogP contribution in [-0.2, 0) is 19.2 Å². The third kappa shape index (κ3) is 2.71. The van der Waals surface area contributed by atoms with Crippen molar-refractivity contribution >= 4 is 34.7 Å². The topological polar surface area (TPSA) is 201 Å². The second kappa shape index (κ2) is 7.42. The third-order valence-corrected chi connectivity index (χ3v) is 7.86. The Morgan fingerprint density at radius 3 is 2.26 bits per heavy atom. The van der Waals surface area contributed by atoms with Crippen LogP contribution >= 0.6 is 0 Å². The number of carbonyl (C=O) groups is 5. The number of aliphatic hydroxyl groups is 2. The van der Waals surface area contributed by atoms with Crippen molar-refractivity contribution < 1.29 is 39.3 Å². The minimum atomic E-state index is -3.01. The first-order valence-corrected chi connectivity index (χ1v) is 10.8. The lowest BCUT2D eigenvalue weighted by molar-refractivity contribution is -0.196. The summed E-state index contributed by atoms with van der Waals surface area (Å²) < 4.78 is 0. The van der Waals surface area contributed by atoms with Crippen molar-refractivity contribution in [3.05, 3.63) is 22.8 Å². The smallest absolute Gasteiger partial charge is 0.235 e. The molecule has 11 nitrogen and oxygen atoms in total. The number of Topliss-reactive ketones (excluding diaryl/α,β-unsaturated/α-hetero) is 4. The molecule has 7 N–H and O–H groups in total. The molecule has 3 aliphatic rings. The Kier molecular flexibility index (Phi) is 5.24. The number of aliphatic hydroxyl groups excluding tert-OH is 1. The molecule has 34 heavy (non-hydrogen) atoms. The molecule has 0 saturated heterocycles. The molecule has 8 atom stereocenters. The van der Waals surface area contributed by atoms with Gasteiger partial charge in [-0.15, -0.1) is 0 Å². The van der Waals surface area contributed by atoms with E-state index in [1.807, 2.05) is 0 Å². The van der Waals surface area contributed by atoms with Crippen molar-refractivity contribution in [3.8, 4) is 5.75 Å². The van der Waals surface area contributed by atoms with E-state index < -0.39 is 82.1 Å². The predicted octanol–water partition coefficient (Wildman–Crippen LogP) is -1.71. The number of benzene rings is 1. The van der Waals surface area contributed by atoms with Gasteiger partial charge in [0.05, 0.1) is 35.2 Å². The summed E-state index contributed by atoms with van der Waals surface area (Å²) in [5.74, 6) is -13.6. The van der Waals surface area contributed by atoms with E-state index in [0.29, 0.717) is 11.1 Å². The number of amides is 1. The minimum Gasteiger partial charge on any atom is -0.505 e. The highest BCUT2D eigenvalue weighted by atomic mass is 16.3. The van der Waals surface area contributed by atoms with Crippen LogP contribution in [0.1, 0.15) is 34.3 Å². The summed E-state index contributed by atoms with van der Waals surface area (Å²) in [6.45, 7) is 3.27. The zero-order valence-electron chi connectivity index (χ0n) is 19.1. The average Bonchev–Trinajstić information content (AvgIpc) is 2.74. The number of ketones is 4. The Balaban J connectivity index is 1.98. The van der Waals surface area contributed by atoms with Crippen LogP contribution in [-0.4, -0.2) is 81.1 Å². The molecule has 1 aromatic rings. The van der Waals surface area contributed by atoms with Crippen LogP contribution in [0.4, 0.5) is 5.69 Å². The molecule has 0 spiro atoms. The Morgan fingerprint density at radius 2 is 1.74 bits per heavy atom. The highest BCUT2D eigenvalue weighted by molar-refractivity contribution is 6.32. The Hall–Kier alpha value is -3.15. The van der Waals surface area contributed by atoms with Crippen LogP contribution in [0.15, 0.2) is 6.07 Å². The lowest BCUT2D eigenvalue weighted by atomic mass is 9.49. The minimum absolute atomic E-state index is 0.0565. The van der Waals surface area contributed by atoms with Gasteiger partial charge in [0.1, 0.15) is 5.75 Å². The number of rotatable bonds is 2. The number of hydrogen-bond acceptors (Lipinski definition) is 10. The van der Waals surface area contributed by atoms with E-state index >= 15 is 0 Å². The van der Waals surface area contributed by atoms with Crippen molar-refractivity contribution in [2.75, 3.05) is 19.8 Å². The number of hydrogen-bond donors (Lipinski definition) is 5. The molecule has 2 unspecified atom stereocenters. The number of likely N-dealkylation sites (N-methyl/N-ethyl adjacent to an activating group) is 1. The number of anilines is 1. The van der Waals surface area contributed by atoms with Crippen molar-refractivity contribution in [3.63, 3.8) is 0 Å². The Bertz CT molecular complexity index is 1180. The van der Waals surface area contributed by atoms with Crippen molar-refractivity contribution in [2.45, 2.75) is 37.5 Å². The van der Waals surface area contributed by atoms with Crippen LogP contribution in [0.25, 0.3) is 0 Å². The largest absolute Gasteiger partial charge is 0.505 e. The molecule has 2 saturated carbocycles. The SMILES string of the molecule is Cc1cc2c(c(O)c1N)C(=O)C1C(=O)[C@]3(O)C(=O)C(C(N)=O)C(=O)[C@@H](N(C)C)[C@@H]3[C@@H](O)[C@@H]1[C@H]2C. The van der Waals surface area contributed by atoms with E-state index in [1.165, 1.54) is 19.0 Å². The van der Waals surface area contributed by atoms with Gasteiger partial charge in [-0.25, -0.2) is 0 Å². The maximum Gasteiger partial charge on any atom is 0.235 e. The maximum atomic E-state index is 13.7. The van der Waals surface area contributed by atoms with E-state index in [1.54, 1.807) is 19.9 Å². The first-order chi connectivity index (χ1) is 15.7. The summed E-state index contributed by atoms with van der Waals surface area (Å²) in [5.41, 5.74) is 8.71. The van der Waals surface area contributed by atoms with E-state index in [9.17, 15) is 39.3 Å². The molecule has 3 aliphatic carbocycles. The van der Waals surface area contributed by atoms with Crippen molar-refractivity contribution in [1.29, 1.82) is 0 Å². The molecule has 0 aromatic heterocycles. The second-order valence-electron chi connectivity index (χ2n) is 9.79. The first-order valence-electron chi connectivity index (χ1n) is 10.8. The molecule has 4 rings (SSSR count). The van der Waals surface area contributed by atoms with Gasteiger partial charge in [0.2, 0.25) is 5.91 Å². The summed E-state index contributed by atoms with van der Waals surface area (Å²) >= 11 is 0. The number of nitrogen functional groups attached to an aromatic ring is 1. The molecule has 182 valence electrons. The van der Waals surface area contributed by atoms with Crippen molar-refractivity contribution in [1.82, 2.24) is 4.90 Å². The summed E-state index contributed by atoms with van der Waals surface area (Å²) in [5, 5.41) is 33.6. The number of aromatic hydroxyl groups is 1. The number of carbonyl (C=O) groups excluding carboxylic acids is 5. The molecule has 11 heteroatoms. The first kappa shape index (κ1) is 24.0. The van der Waals surface area contributed by atoms with Gasteiger partial charge in [0.15, 0.2) is 34.7 Å². The molecule has 2 fully saturated rings. The van der Waals surface area contributed by atoms with Gasteiger partial charge in [-0.2, -0.15) is 0 Å². The molecule has 0 bridgehead atoms. The van der Waals surface area contributed by atoms with E-state index in [0.717, 1.165) is 0 Å². The zero-order valence-corrected chi connectivity index (χ0v) is 19.1. The van der Waals surface area contributed by atoms with Crippen LogP contribution in [0.3, 0.4) is 0 Å². The quantitative estimate of drug-likeness (QED) is 0.187. The number of phenolic OH excluding ortho intramolecular Hbond substituents is 1. The Labute approximate surface area is 194 Å². The highest BCUT2D eigenvalue weighted by Gasteiger charge is 2.72. The monoisotopic (exact) mass is 473 g/mol. The predicted molar refractivity (Wildman–Crippen MR) is 117 cm³/mol. The fraction of sp³-hybridized carbons (Fsp3) is 0.522. The Morgan fingerprint density at radius 1 is 1.15 bits per heavy atom. The summed E-state index contributed by atoms with van der Waals surface area (Å²) in [4.78, 5) is 66.9. The van der Waals surface area contributed by atoms with E-state index in [-0.39, 0.29) is 11.3 Å². The number of nitrogens with zero attached hydrogens (tertiary/aromatic N) is 1. The summed E-state index contributed by atoms with van der Waals surface area (Å²) in [6, 6.07) is 0.190. The van der Waals surface area contributed by atoms with E-state index in [4.69, 9.17) is 11.5 Å². The molecule has 0 heterocycles. The summed E-state index contributed by atoms with van der Waals surface area (Å²) in [6.07, 6.45) is -1.66. The second-order valence-corrected chi connectivity index (χ2v) is 9.79. The number of aryl methyl sites for hydroxylation is 1. The van der Waals surface area contributed by atoms with Crippen LogP contribution in [0.2, 0.25) is 0 Å². The van der Waals surface area contributed by atoms with Gasteiger partial charge in [0, 0.05) is 5.92 Å². The van der Waals surface area contributed by atoms with Gasteiger partial charge >= 0.3 is 0 Å². The molecular formula is C23H27N3O8. The normalized spacial score (nSPS) is 37.3. The van der Waals surface area contributed by atoms with Gasteiger partial charge in [-0.3, -0.25) is 28.9 Å². The number of phenols is 1. The van der Waals surface area contributed by atoms with Crippen LogP contribution < -0.4 is 11.5 Å². The molecule has 0 radical (unpaired) electrons. The van der Waals surface area contributed by atoms with Gasteiger partial charge < -0.3 is 26.8 Å². The number of nitrogens with two attached hydrogens (primary N) is 2. The van der Waals surface area contributed by atoms with Crippen LogP contribution in [0.5, 0.6) is 5.75 Å². The van der Waals surface area contributed by atoms with Gasteiger partial charge in [0.25, 0.3) is 0 Å². The third-order valence-electron chi connectivity index (χ3n) is 7.86. The van der Waals surface area contributed by atoms with Gasteiger partial charge in [-0.1, -0.05) is 13.0 Å². The lowest BCUT2D eigenvalue weighted by Gasteiger charge is -2.56.